The first-order valence-electron chi connectivity index (χ1n) is 14.5. The highest BCUT2D eigenvalue weighted by Crippen LogP contribution is 2.12. The number of carbonyl (C=O) groups is 2. The SMILES string of the molecule is CCc1cc(C=O)cc(C(=O)NCCCNCc2cccc(OC)c2)c1.Cc1ccccc1.Cc1csc(CN(C)C)n1. The molecule has 4 aromatic rings. The van der Waals surface area contributed by atoms with Gasteiger partial charge in [0.15, 0.2) is 0 Å². The number of rotatable bonds is 12. The lowest BCUT2D eigenvalue weighted by molar-refractivity contribution is 0.0953. The number of aldehydes is 1. The minimum absolute atomic E-state index is 0.142. The van der Waals surface area contributed by atoms with Crippen LogP contribution in [0.4, 0.5) is 0 Å². The highest BCUT2D eigenvalue weighted by atomic mass is 32.1. The molecule has 1 amide bonds. The average Bonchev–Trinajstić information content (AvgIpc) is 3.43. The molecule has 230 valence electrons. The van der Waals surface area contributed by atoms with Crippen molar-refractivity contribution in [1.29, 1.82) is 0 Å². The first-order chi connectivity index (χ1) is 20.7. The van der Waals surface area contributed by atoms with Gasteiger partial charge < -0.3 is 20.3 Å². The van der Waals surface area contributed by atoms with E-state index in [0.29, 0.717) is 17.7 Å². The molecule has 0 fully saturated rings. The second kappa shape index (κ2) is 20.1. The van der Waals surface area contributed by atoms with Crippen molar-refractivity contribution in [1.82, 2.24) is 20.5 Å². The van der Waals surface area contributed by atoms with E-state index < -0.39 is 0 Å². The molecule has 0 aliphatic carbocycles. The van der Waals surface area contributed by atoms with Crippen LogP contribution in [0.1, 0.15) is 61.5 Å². The molecule has 0 atom stereocenters. The highest BCUT2D eigenvalue weighted by molar-refractivity contribution is 7.09. The van der Waals surface area contributed by atoms with E-state index in [-0.39, 0.29) is 5.91 Å². The molecule has 0 spiro atoms. The van der Waals surface area contributed by atoms with Gasteiger partial charge in [0.25, 0.3) is 5.91 Å². The summed E-state index contributed by atoms with van der Waals surface area (Å²) < 4.78 is 5.20. The topological polar surface area (TPSA) is 83.6 Å². The minimum Gasteiger partial charge on any atom is -0.497 e. The lowest BCUT2D eigenvalue weighted by atomic mass is 10.0. The van der Waals surface area contributed by atoms with Gasteiger partial charge in [-0.05, 0) is 88.8 Å². The van der Waals surface area contributed by atoms with Crippen molar-refractivity contribution in [2.24, 2.45) is 0 Å². The molecule has 0 unspecified atom stereocenters. The van der Waals surface area contributed by atoms with Crippen LogP contribution >= 0.6 is 11.3 Å². The number of hydrogen-bond acceptors (Lipinski definition) is 7. The van der Waals surface area contributed by atoms with Crippen LogP contribution in [0.25, 0.3) is 0 Å². The van der Waals surface area contributed by atoms with Crippen LogP contribution in [0.2, 0.25) is 0 Å². The maximum absolute atomic E-state index is 12.2. The van der Waals surface area contributed by atoms with E-state index >= 15 is 0 Å². The van der Waals surface area contributed by atoms with Gasteiger partial charge in [-0.25, -0.2) is 4.98 Å². The minimum atomic E-state index is -0.142. The molecule has 0 saturated carbocycles. The molecule has 3 aromatic carbocycles. The van der Waals surface area contributed by atoms with E-state index in [1.165, 1.54) is 10.6 Å². The van der Waals surface area contributed by atoms with Crippen molar-refractivity contribution >= 4 is 23.5 Å². The molecular formula is C35H46N4O3S. The molecule has 0 aliphatic heterocycles. The standard InChI is InChI=1S/C21H26N2O3.C7H12N2S.C7H8/c1-3-16-10-18(15-24)12-19(11-16)21(25)23-9-5-8-22-14-17-6-4-7-20(13-17)26-2;1-6-5-10-7(8-6)4-9(2)3;1-7-5-3-2-4-6-7/h4,6-7,10-13,15,22H,3,5,8-9,14H2,1-2H3,(H,23,25);5H,4H2,1-3H3;2-6H,1H3. The van der Waals surface area contributed by atoms with Gasteiger partial charge in [-0.3, -0.25) is 9.59 Å². The maximum Gasteiger partial charge on any atom is 0.251 e. The summed E-state index contributed by atoms with van der Waals surface area (Å²) in [5.41, 5.74) is 5.67. The van der Waals surface area contributed by atoms with Gasteiger partial charge >= 0.3 is 0 Å². The molecule has 0 saturated heterocycles. The van der Waals surface area contributed by atoms with Gasteiger partial charge in [0.2, 0.25) is 0 Å². The Balaban J connectivity index is 0.000000306. The Bertz CT molecular complexity index is 1370. The van der Waals surface area contributed by atoms with Crippen molar-refractivity contribution < 1.29 is 14.3 Å². The molecule has 0 bridgehead atoms. The van der Waals surface area contributed by atoms with Crippen molar-refractivity contribution in [2.75, 3.05) is 34.3 Å². The third-order valence-electron chi connectivity index (χ3n) is 6.16. The van der Waals surface area contributed by atoms with Crippen molar-refractivity contribution in [3.8, 4) is 5.75 Å². The Morgan fingerprint density at radius 3 is 2.33 bits per heavy atom. The number of benzene rings is 3. The quantitative estimate of drug-likeness (QED) is 0.143. The number of methoxy groups -OCH3 is 1. The number of ether oxygens (including phenoxy) is 1. The van der Waals surface area contributed by atoms with E-state index in [9.17, 15) is 9.59 Å². The second-order valence-electron chi connectivity index (χ2n) is 10.3. The fourth-order valence-electron chi connectivity index (χ4n) is 3.93. The van der Waals surface area contributed by atoms with Gasteiger partial charge in [-0.2, -0.15) is 0 Å². The van der Waals surface area contributed by atoms with Crippen LogP contribution in [0.3, 0.4) is 0 Å². The van der Waals surface area contributed by atoms with E-state index in [1.807, 2.05) is 68.4 Å². The van der Waals surface area contributed by atoms with Gasteiger partial charge in [0, 0.05) is 41.8 Å². The number of hydrogen-bond donors (Lipinski definition) is 2. The largest absolute Gasteiger partial charge is 0.497 e. The van der Waals surface area contributed by atoms with Crippen LogP contribution in [0.5, 0.6) is 5.75 Å². The first-order valence-corrected chi connectivity index (χ1v) is 15.4. The smallest absolute Gasteiger partial charge is 0.251 e. The van der Waals surface area contributed by atoms with Crippen LogP contribution in [0.15, 0.2) is 78.2 Å². The molecular weight excluding hydrogens is 556 g/mol. The third-order valence-corrected chi connectivity index (χ3v) is 7.11. The Labute approximate surface area is 261 Å². The predicted molar refractivity (Wildman–Crippen MR) is 178 cm³/mol. The second-order valence-corrected chi connectivity index (χ2v) is 11.3. The van der Waals surface area contributed by atoms with Gasteiger partial charge in [-0.1, -0.05) is 55.0 Å². The summed E-state index contributed by atoms with van der Waals surface area (Å²) in [5.74, 6) is 0.705. The third kappa shape index (κ3) is 14.7. The summed E-state index contributed by atoms with van der Waals surface area (Å²) in [6.45, 7) is 9.20. The molecule has 1 heterocycles. The predicted octanol–water partition coefficient (Wildman–Crippen LogP) is 6.49. The summed E-state index contributed by atoms with van der Waals surface area (Å²) in [6.07, 6.45) is 2.39. The summed E-state index contributed by atoms with van der Waals surface area (Å²) in [5, 5.41) is 9.53. The Morgan fingerprint density at radius 2 is 1.74 bits per heavy atom. The molecule has 0 aliphatic rings. The number of amides is 1. The van der Waals surface area contributed by atoms with Crippen LogP contribution in [-0.2, 0) is 19.5 Å². The molecule has 43 heavy (non-hydrogen) atoms. The monoisotopic (exact) mass is 602 g/mol. The van der Waals surface area contributed by atoms with Gasteiger partial charge in [0.1, 0.15) is 17.0 Å². The summed E-state index contributed by atoms with van der Waals surface area (Å²) in [4.78, 5) is 29.7. The Kier molecular flexibility index (Phi) is 16.5. The lowest BCUT2D eigenvalue weighted by Gasteiger charge is -2.09. The van der Waals surface area contributed by atoms with Crippen LogP contribution in [-0.4, -0.2) is 56.4 Å². The number of aryl methyl sites for hydroxylation is 3. The normalized spacial score (nSPS) is 10.2. The van der Waals surface area contributed by atoms with E-state index in [4.69, 9.17) is 4.74 Å². The Hall–Kier alpha value is -3.85. The summed E-state index contributed by atoms with van der Waals surface area (Å²) in [7, 11) is 5.76. The van der Waals surface area contributed by atoms with Crippen molar-refractivity contribution in [2.45, 2.75) is 46.7 Å². The maximum atomic E-state index is 12.2. The molecule has 8 heteroatoms. The number of thiazole rings is 1. The van der Waals surface area contributed by atoms with Gasteiger partial charge in [0.05, 0.1) is 7.11 Å². The molecule has 4 rings (SSSR count). The summed E-state index contributed by atoms with van der Waals surface area (Å²) >= 11 is 1.73. The lowest BCUT2D eigenvalue weighted by Crippen LogP contribution is -2.27. The van der Waals surface area contributed by atoms with Crippen LogP contribution in [0, 0.1) is 13.8 Å². The molecule has 7 nitrogen and oxygen atoms in total. The van der Waals surface area contributed by atoms with Crippen LogP contribution < -0.4 is 15.4 Å². The van der Waals surface area contributed by atoms with Gasteiger partial charge in [-0.15, -0.1) is 11.3 Å². The first kappa shape index (κ1) is 35.3. The van der Waals surface area contributed by atoms with E-state index in [2.05, 4.69) is 59.0 Å². The fraction of sp³-hybridized carbons (Fsp3) is 0.343. The fourth-order valence-corrected chi connectivity index (χ4v) is 4.82. The zero-order chi connectivity index (χ0) is 31.5. The van der Waals surface area contributed by atoms with Crippen molar-refractivity contribution in [3.05, 3.63) is 117 Å². The average molecular weight is 603 g/mol. The Morgan fingerprint density at radius 1 is 0.977 bits per heavy atom. The highest BCUT2D eigenvalue weighted by Gasteiger charge is 2.08. The van der Waals surface area contributed by atoms with E-state index in [0.717, 1.165) is 61.3 Å². The van der Waals surface area contributed by atoms with Crippen molar-refractivity contribution in [3.63, 3.8) is 0 Å². The van der Waals surface area contributed by atoms with E-state index in [1.54, 1.807) is 24.5 Å². The number of nitrogens with one attached hydrogen (secondary N) is 2. The summed E-state index contributed by atoms with van der Waals surface area (Å²) in [6, 6.07) is 23.5. The zero-order valence-electron chi connectivity index (χ0n) is 26.4. The molecule has 0 radical (unpaired) electrons. The molecule has 2 N–H and O–H groups in total. The number of aromatic nitrogens is 1. The number of carbonyl (C=O) groups excluding carboxylic acids is 2. The molecule has 1 aromatic heterocycles. The zero-order valence-corrected chi connectivity index (χ0v) is 27.2. The number of nitrogens with zero attached hydrogens (tertiary/aromatic N) is 2.